The minimum atomic E-state index is -2.42. The van der Waals surface area contributed by atoms with E-state index >= 15 is 0 Å². The van der Waals surface area contributed by atoms with E-state index in [0.29, 0.717) is 31.3 Å². The van der Waals surface area contributed by atoms with Gasteiger partial charge in [-0.3, -0.25) is 9.59 Å². The van der Waals surface area contributed by atoms with Crippen molar-refractivity contribution < 1.29 is 32.8 Å². The Morgan fingerprint density at radius 2 is 1.56 bits per heavy atom. The average Bonchev–Trinajstić information content (AvgIpc) is 3.85. The summed E-state index contributed by atoms with van der Waals surface area (Å²) >= 11 is 0.936. The standard InChI is InChI=1S/C36H57BrN3O7Si2.3C4H9.Sn/c1-13-20-38-29(42)17-16-25(4)32(24(2)3)46-34(44)28-15-14-21-40(28)33(43)31-35(48(8,9)10)45-30(39-31)23-26(41)22-27(18-19-37)47-49(11,12)36(5,6)7;3*1-3-4-2;/h1,13,16-19,24-25,27-28,32H,14-15,20-23H2,2-12H3,(H,38,42);3*1,3-4H2,2H3;/b13-1?,17-16+,19-18+;;;;/t25-,27-,28-,32-;;;;/m1..../s1. The monoisotopic (exact) mass is 1070 g/mol. The first-order chi connectivity index (χ1) is 28.9. The third-order valence-corrected chi connectivity index (χ3v) is 33.3. The molecule has 1 aromatic heterocycles. The molecule has 0 spiro atoms. The van der Waals surface area contributed by atoms with Crippen LogP contribution in [0.4, 0.5) is 0 Å². The molecule has 0 saturated carbocycles. The normalized spacial score (nSPS) is 17.1. The van der Waals surface area contributed by atoms with Gasteiger partial charge in [0.25, 0.3) is 5.91 Å². The van der Waals surface area contributed by atoms with Crippen molar-refractivity contribution >= 4 is 79.6 Å². The predicted molar refractivity (Wildman–Crippen MR) is 267 cm³/mol. The van der Waals surface area contributed by atoms with E-state index in [-0.39, 0.29) is 58.9 Å². The first-order valence-electron chi connectivity index (χ1n) is 23.6. The van der Waals surface area contributed by atoms with Crippen molar-refractivity contribution in [3.63, 3.8) is 0 Å². The van der Waals surface area contributed by atoms with E-state index in [0.717, 1.165) is 0 Å². The molecule has 1 fully saturated rings. The zero-order chi connectivity index (χ0) is 46.9. The predicted octanol–water partition coefficient (Wildman–Crippen LogP) is 11.4. The van der Waals surface area contributed by atoms with Gasteiger partial charge in [-0.25, -0.2) is 4.98 Å². The number of nitrogens with one attached hydrogen (secondary N) is 1. The fourth-order valence-electron chi connectivity index (χ4n) is 7.89. The third-order valence-electron chi connectivity index (χ3n) is 12.6. The number of oxazole rings is 1. The van der Waals surface area contributed by atoms with Gasteiger partial charge < -0.3 is 13.7 Å². The van der Waals surface area contributed by atoms with Crippen molar-refractivity contribution in [3.8, 4) is 0 Å². The molecule has 1 aromatic rings. The summed E-state index contributed by atoms with van der Waals surface area (Å²) in [5.74, 6) is -1.18. The molecule has 352 valence electrons. The Kier molecular flexibility index (Phi) is 23.9. The van der Waals surface area contributed by atoms with Gasteiger partial charge in [-0.2, -0.15) is 0 Å². The topological polar surface area (TPSA) is 128 Å². The van der Waals surface area contributed by atoms with Crippen LogP contribution in [0.2, 0.25) is 51.1 Å². The SMILES string of the molecule is CCC[CH2][Sn](/[CH]=C/CNC(=O)/C=C/[C@@H](C)[C@H](OC(=O)[C@H]1CCCN1C(=O)c1nc(CC(=O)C[C@@H](/C=C/Br)O[Si](C)(C)C(C)(C)C)oc1[Si](C)(C)C)C(C)C)([CH2]CCC)[CH2]CCC. The van der Waals surface area contributed by atoms with Crippen molar-refractivity contribution in [1.29, 1.82) is 0 Å². The van der Waals surface area contributed by atoms with Crippen LogP contribution < -0.4 is 10.7 Å². The number of hydrogen-bond donors (Lipinski definition) is 1. The Balaban J connectivity index is 2.18. The minimum absolute atomic E-state index is 0.0238. The zero-order valence-electron chi connectivity index (χ0n) is 41.1. The molecule has 62 heavy (non-hydrogen) atoms. The summed E-state index contributed by atoms with van der Waals surface area (Å²) in [5, 5.41) is 3.54. The number of ether oxygens (including phenoxy) is 1. The number of amides is 2. The summed E-state index contributed by atoms with van der Waals surface area (Å²) in [6, 6.07) is -0.778. The van der Waals surface area contributed by atoms with Gasteiger partial charge in [0.05, 0.1) is 12.5 Å². The van der Waals surface area contributed by atoms with Gasteiger partial charge in [-0.15, -0.1) is 0 Å². The number of likely N-dealkylation sites (tertiary alicyclic amines) is 1. The summed E-state index contributed by atoms with van der Waals surface area (Å²) in [6.07, 6.45) is 15.3. The number of ketones is 1. The van der Waals surface area contributed by atoms with Crippen LogP contribution in [0.5, 0.6) is 0 Å². The Morgan fingerprint density at radius 3 is 2.08 bits per heavy atom. The molecule has 0 aliphatic carbocycles. The first kappa shape index (κ1) is 56.3. The molecule has 2 heterocycles. The molecule has 1 N–H and O–H groups in total. The van der Waals surface area contributed by atoms with E-state index in [1.165, 1.54) is 51.8 Å². The number of hydrogen-bond acceptors (Lipinski definition) is 8. The molecular formula is C48H84BrN3O7Si2Sn. The fourth-order valence-corrected chi connectivity index (χ4v) is 25.2. The van der Waals surface area contributed by atoms with Crippen LogP contribution in [0, 0.1) is 11.8 Å². The van der Waals surface area contributed by atoms with Crippen LogP contribution in [0.25, 0.3) is 0 Å². The van der Waals surface area contributed by atoms with Crippen molar-refractivity contribution in [3.05, 3.63) is 45.0 Å². The molecule has 1 aliphatic rings. The number of Topliss-reactive ketones (excluding diaryl/α,β-unsaturated/α-hetero) is 1. The molecule has 10 nitrogen and oxygen atoms in total. The molecule has 4 atom stereocenters. The maximum absolute atomic E-state index is 14.3. The number of nitrogens with zero attached hydrogens (tertiary/aromatic N) is 2. The molecule has 0 bridgehead atoms. The molecule has 14 heteroatoms. The third kappa shape index (κ3) is 17.9. The van der Waals surface area contributed by atoms with Crippen molar-refractivity contribution in [2.45, 2.75) is 196 Å². The van der Waals surface area contributed by atoms with E-state index in [2.05, 4.69) is 111 Å². The number of carbonyl (C=O) groups excluding carboxylic acids is 4. The number of unbranched alkanes of at least 4 members (excludes halogenated alkanes) is 3. The van der Waals surface area contributed by atoms with Crippen LogP contribution in [-0.4, -0.2) is 99.6 Å². The molecule has 0 aromatic carbocycles. The molecule has 2 amide bonds. The Morgan fingerprint density at radius 1 is 0.968 bits per heavy atom. The van der Waals surface area contributed by atoms with Gasteiger partial charge in [0.1, 0.15) is 19.2 Å². The number of rotatable bonds is 27. The summed E-state index contributed by atoms with van der Waals surface area (Å²) in [6.45, 7) is 30.7. The number of esters is 1. The first-order valence-corrected chi connectivity index (χ1v) is 38.6. The fraction of sp³-hybridized carbons (Fsp3) is 0.729. The van der Waals surface area contributed by atoms with Gasteiger partial charge >= 0.3 is 196 Å². The molecule has 1 aliphatic heterocycles. The number of halogens is 1. The van der Waals surface area contributed by atoms with Gasteiger partial charge in [0.2, 0.25) is 5.89 Å². The molecule has 1 saturated heterocycles. The van der Waals surface area contributed by atoms with Crippen molar-refractivity contribution in [2.75, 3.05) is 13.1 Å². The van der Waals surface area contributed by atoms with Gasteiger partial charge in [0, 0.05) is 13.0 Å². The second-order valence-electron chi connectivity index (χ2n) is 20.5. The van der Waals surface area contributed by atoms with Gasteiger partial charge in [-0.1, -0.05) is 56.3 Å². The number of carbonyl (C=O) groups is 4. The van der Waals surface area contributed by atoms with Crippen molar-refractivity contribution in [1.82, 2.24) is 15.2 Å². The van der Waals surface area contributed by atoms with E-state index in [9.17, 15) is 19.2 Å². The van der Waals surface area contributed by atoms with E-state index in [4.69, 9.17) is 13.6 Å². The average molecular weight is 1070 g/mol. The van der Waals surface area contributed by atoms with Crippen LogP contribution in [-0.2, 0) is 30.0 Å². The van der Waals surface area contributed by atoms with Crippen LogP contribution in [0.3, 0.4) is 0 Å². The van der Waals surface area contributed by atoms with E-state index in [1.54, 1.807) is 16.0 Å². The molecule has 0 unspecified atom stereocenters. The maximum atomic E-state index is 14.3. The summed E-state index contributed by atoms with van der Waals surface area (Å²) in [5.41, 5.74) is 0.177. The molecule has 2 rings (SSSR count). The van der Waals surface area contributed by atoms with Crippen LogP contribution >= 0.6 is 15.9 Å². The van der Waals surface area contributed by atoms with E-state index in [1.807, 2.05) is 32.9 Å². The van der Waals surface area contributed by atoms with E-state index < -0.39 is 59.0 Å². The second-order valence-corrected chi connectivity index (χ2v) is 43.8. The van der Waals surface area contributed by atoms with Crippen LogP contribution in [0.1, 0.15) is 136 Å². The Bertz CT molecular complexity index is 1660. The van der Waals surface area contributed by atoms with Gasteiger partial charge in [0.15, 0.2) is 14.0 Å². The quantitative estimate of drug-likeness (QED) is 0.0524. The Hall–Kier alpha value is -1.82. The second kappa shape index (κ2) is 26.4. The summed E-state index contributed by atoms with van der Waals surface area (Å²) < 4.78 is 25.7. The molecular weight excluding hydrogens is 985 g/mol. The Labute approximate surface area is 390 Å². The van der Waals surface area contributed by atoms with Gasteiger partial charge in [-0.05, 0) is 42.0 Å². The van der Waals surface area contributed by atoms with Crippen molar-refractivity contribution in [2.24, 2.45) is 11.8 Å². The number of aromatic nitrogens is 1. The van der Waals surface area contributed by atoms with Crippen LogP contribution in [0.15, 0.2) is 37.8 Å². The zero-order valence-corrected chi connectivity index (χ0v) is 47.5. The molecule has 0 radical (unpaired) electrons. The summed E-state index contributed by atoms with van der Waals surface area (Å²) in [7, 11) is -4.42. The summed E-state index contributed by atoms with van der Waals surface area (Å²) in [4.78, 5) is 62.6.